The van der Waals surface area contributed by atoms with Crippen molar-refractivity contribution in [3.05, 3.63) is 59.7 Å². The molecular formula is C23H28N2O3S. The first-order chi connectivity index (χ1) is 14.1. The summed E-state index contributed by atoms with van der Waals surface area (Å²) in [5.74, 6) is 0.539. The Bertz CT molecular complexity index is 845. The molecule has 1 aliphatic carbocycles. The van der Waals surface area contributed by atoms with Crippen molar-refractivity contribution in [1.82, 2.24) is 5.32 Å². The van der Waals surface area contributed by atoms with E-state index in [0.717, 1.165) is 37.1 Å². The Balaban J connectivity index is 1.72. The highest BCUT2D eigenvalue weighted by molar-refractivity contribution is 7.80. The van der Waals surface area contributed by atoms with Gasteiger partial charge in [0.05, 0.1) is 24.3 Å². The molecule has 6 heteroatoms. The Labute approximate surface area is 177 Å². The molecule has 0 saturated heterocycles. The van der Waals surface area contributed by atoms with Crippen LogP contribution in [-0.4, -0.2) is 24.3 Å². The van der Waals surface area contributed by atoms with Gasteiger partial charge in [0.2, 0.25) is 0 Å². The maximum atomic E-state index is 12.0. The summed E-state index contributed by atoms with van der Waals surface area (Å²) in [6, 6.07) is 15.5. The number of carbonyl (C=O) groups is 1. The molecule has 2 N–H and O–H groups in total. The number of thiocarbonyl (C=S) groups is 1. The van der Waals surface area contributed by atoms with E-state index in [0.29, 0.717) is 23.9 Å². The molecule has 0 bridgehead atoms. The van der Waals surface area contributed by atoms with Gasteiger partial charge >= 0.3 is 5.97 Å². The number of nitrogens with one attached hydrogen (secondary N) is 2. The molecule has 0 atom stereocenters. The van der Waals surface area contributed by atoms with Crippen LogP contribution in [0.25, 0.3) is 0 Å². The number of rotatable bonds is 7. The minimum absolute atomic E-state index is 0.187. The monoisotopic (exact) mass is 412 g/mol. The van der Waals surface area contributed by atoms with Crippen molar-refractivity contribution in [2.24, 2.45) is 0 Å². The molecule has 5 nitrogen and oxygen atoms in total. The van der Waals surface area contributed by atoms with Crippen LogP contribution in [-0.2, 0) is 10.3 Å². The van der Waals surface area contributed by atoms with Gasteiger partial charge in [-0.05, 0) is 74.8 Å². The van der Waals surface area contributed by atoms with Crippen LogP contribution in [0.5, 0.6) is 5.75 Å². The molecule has 2 aromatic rings. The molecule has 29 heavy (non-hydrogen) atoms. The summed E-state index contributed by atoms with van der Waals surface area (Å²) < 4.78 is 10.6. The van der Waals surface area contributed by atoms with Crippen LogP contribution in [0.1, 0.15) is 55.5 Å². The Hall–Kier alpha value is -2.60. The SMILES string of the molecule is CCOC(=O)c1cccc(NC(=S)NC2(c3ccc(OCC)cc3)CCCC2)c1. The van der Waals surface area contributed by atoms with Crippen molar-refractivity contribution in [1.29, 1.82) is 0 Å². The molecular weight excluding hydrogens is 384 g/mol. The lowest BCUT2D eigenvalue weighted by molar-refractivity contribution is 0.0526. The lowest BCUT2D eigenvalue weighted by Crippen LogP contribution is -2.45. The van der Waals surface area contributed by atoms with Crippen molar-refractivity contribution in [3.63, 3.8) is 0 Å². The standard InChI is InChI=1S/C23H28N2O3S/c1-3-27-20-12-10-18(11-13-20)23(14-5-6-15-23)25-22(29)24-19-9-7-8-17(16-19)21(26)28-4-2/h7-13,16H,3-6,14-15H2,1-2H3,(H2,24,25,29). The van der Waals surface area contributed by atoms with Gasteiger partial charge in [0.25, 0.3) is 0 Å². The number of hydrogen-bond donors (Lipinski definition) is 2. The molecule has 154 valence electrons. The summed E-state index contributed by atoms with van der Waals surface area (Å²) in [5, 5.41) is 7.31. The summed E-state index contributed by atoms with van der Waals surface area (Å²) in [4.78, 5) is 12.0. The van der Waals surface area contributed by atoms with E-state index in [1.54, 1.807) is 19.1 Å². The predicted molar refractivity (Wildman–Crippen MR) is 120 cm³/mol. The largest absolute Gasteiger partial charge is 0.494 e. The Kier molecular flexibility index (Phi) is 7.09. The Morgan fingerprint density at radius 2 is 1.79 bits per heavy atom. The van der Waals surface area contributed by atoms with Crippen LogP contribution in [0.3, 0.4) is 0 Å². The zero-order valence-electron chi connectivity index (χ0n) is 17.0. The van der Waals surface area contributed by atoms with Gasteiger partial charge in [-0.15, -0.1) is 0 Å². The van der Waals surface area contributed by atoms with Crippen LogP contribution >= 0.6 is 12.2 Å². The predicted octanol–water partition coefficient (Wildman–Crippen LogP) is 5.02. The maximum Gasteiger partial charge on any atom is 0.338 e. The third-order valence-corrected chi connectivity index (χ3v) is 5.36. The van der Waals surface area contributed by atoms with E-state index >= 15 is 0 Å². The van der Waals surface area contributed by atoms with Gasteiger partial charge in [-0.3, -0.25) is 0 Å². The average molecular weight is 413 g/mol. The third kappa shape index (κ3) is 5.26. The number of anilines is 1. The van der Waals surface area contributed by atoms with Gasteiger partial charge in [0.1, 0.15) is 5.75 Å². The first-order valence-corrected chi connectivity index (χ1v) is 10.6. The Morgan fingerprint density at radius 1 is 1.07 bits per heavy atom. The number of benzene rings is 2. The highest BCUT2D eigenvalue weighted by Crippen LogP contribution is 2.39. The lowest BCUT2D eigenvalue weighted by atomic mass is 9.88. The Morgan fingerprint density at radius 3 is 2.45 bits per heavy atom. The van der Waals surface area contributed by atoms with Crippen molar-refractivity contribution in [3.8, 4) is 5.75 Å². The molecule has 0 radical (unpaired) electrons. The second kappa shape index (κ2) is 9.74. The molecule has 0 aliphatic heterocycles. The molecule has 1 aliphatic rings. The van der Waals surface area contributed by atoms with Crippen LogP contribution in [0.15, 0.2) is 48.5 Å². The molecule has 0 aromatic heterocycles. The minimum Gasteiger partial charge on any atom is -0.494 e. The van der Waals surface area contributed by atoms with Crippen molar-refractivity contribution >= 4 is 29.0 Å². The average Bonchev–Trinajstić information content (AvgIpc) is 3.18. The van der Waals surface area contributed by atoms with Gasteiger partial charge < -0.3 is 20.1 Å². The third-order valence-electron chi connectivity index (χ3n) is 5.16. The molecule has 2 aromatic carbocycles. The number of carbonyl (C=O) groups excluding carboxylic acids is 1. The molecule has 0 unspecified atom stereocenters. The van der Waals surface area contributed by atoms with Crippen molar-refractivity contribution in [2.45, 2.75) is 45.1 Å². The van der Waals surface area contributed by atoms with Gasteiger partial charge in [0, 0.05) is 5.69 Å². The normalized spacial score (nSPS) is 14.8. The quantitative estimate of drug-likeness (QED) is 0.492. The number of ether oxygens (including phenoxy) is 2. The zero-order chi connectivity index (χ0) is 20.7. The van der Waals surface area contributed by atoms with E-state index < -0.39 is 0 Å². The molecule has 3 rings (SSSR count). The van der Waals surface area contributed by atoms with Crippen LogP contribution in [0.2, 0.25) is 0 Å². The van der Waals surface area contributed by atoms with E-state index in [1.807, 2.05) is 31.2 Å². The second-order valence-electron chi connectivity index (χ2n) is 7.13. The fourth-order valence-electron chi connectivity index (χ4n) is 3.82. The molecule has 0 amide bonds. The topological polar surface area (TPSA) is 59.6 Å². The lowest BCUT2D eigenvalue weighted by Gasteiger charge is -2.32. The van der Waals surface area contributed by atoms with Crippen LogP contribution < -0.4 is 15.4 Å². The van der Waals surface area contributed by atoms with E-state index in [2.05, 4.69) is 22.8 Å². The molecule has 1 saturated carbocycles. The fourth-order valence-corrected chi connectivity index (χ4v) is 4.13. The summed E-state index contributed by atoms with van der Waals surface area (Å²) in [5.41, 5.74) is 2.28. The number of esters is 1. The van der Waals surface area contributed by atoms with E-state index in [9.17, 15) is 4.79 Å². The first-order valence-electron chi connectivity index (χ1n) is 10.2. The van der Waals surface area contributed by atoms with E-state index in [1.165, 1.54) is 5.56 Å². The number of hydrogen-bond acceptors (Lipinski definition) is 4. The summed E-state index contributed by atoms with van der Waals surface area (Å²) in [6.07, 6.45) is 4.35. The first kappa shape index (κ1) is 21.1. The van der Waals surface area contributed by atoms with Gasteiger partial charge in [-0.2, -0.15) is 0 Å². The van der Waals surface area contributed by atoms with Crippen molar-refractivity contribution < 1.29 is 14.3 Å². The second-order valence-corrected chi connectivity index (χ2v) is 7.54. The van der Waals surface area contributed by atoms with Gasteiger partial charge in [0.15, 0.2) is 5.11 Å². The van der Waals surface area contributed by atoms with E-state index in [4.69, 9.17) is 21.7 Å². The van der Waals surface area contributed by atoms with E-state index in [-0.39, 0.29) is 11.5 Å². The molecule has 0 spiro atoms. The van der Waals surface area contributed by atoms with Crippen molar-refractivity contribution in [2.75, 3.05) is 18.5 Å². The summed E-state index contributed by atoms with van der Waals surface area (Å²) in [6.45, 7) is 4.78. The minimum atomic E-state index is -0.336. The smallest absolute Gasteiger partial charge is 0.338 e. The maximum absolute atomic E-state index is 12.0. The summed E-state index contributed by atoms with van der Waals surface area (Å²) in [7, 11) is 0. The highest BCUT2D eigenvalue weighted by Gasteiger charge is 2.36. The highest BCUT2D eigenvalue weighted by atomic mass is 32.1. The molecule has 0 heterocycles. The fraction of sp³-hybridized carbons (Fsp3) is 0.391. The van der Waals surface area contributed by atoms with Gasteiger partial charge in [-0.25, -0.2) is 4.79 Å². The molecule has 1 fully saturated rings. The van der Waals surface area contributed by atoms with Crippen LogP contribution in [0.4, 0.5) is 5.69 Å². The van der Waals surface area contributed by atoms with Gasteiger partial charge in [-0.1, -0.05) is 31.0 Å². The van der Waals surface area contributed by atoms with Crippen LogP contribution in [0, 0.1) is 0 Å². The zero-order valence-corrected chi connectivity index (χ0v) is 17.8. The summed E-state index contributed by atoms with van der Waals surface area (Å²) >= 11 is 5.61.